The summed E-state index contributed by atoms with van der Waals surface area (Å²) in [6.07, 6.45) is 1.46. The van der Waals surface area contributed by atoms with Crippen LogP contribution in [0.4, 0.5) is 8.78 Å². The summed E-state index contributed by atoms with van der Waals surface area (Å²) in [6, 6.07) is 3.85. The maximum atomic E-state index is 13.3. The average molecular weight is 247 g/mol. The first-order valence-electron chi connectivity index (χ1n) is 4.28. The molecule has 0 aliphatic heterocycles. The SMILES string of the molecule is Cl.NCc1cn(-c2cccc(F)c2F)nn1. The summed E-state index contributed by atoms with van der Waals surface area (Å²) in [5.41, 5.74) is 5.85. The van der Waals surface area contributed by atoms with E-state index in [0.717, 1.165) is 10.7 Å². The van der Waals surface area contributed by atoms with Crippen molar-refractivity contribution in [2.24, 2.45) is 5.73 Å². The highest BCUT2D eigenvalue weighted by Gasteiger charge is 2.10. The van der Waals surface area contributed by atoms with Crippen LogP contribution in [-0.4, -0.2) is 15.0 Å². The van der Waals surface area contributed by atoms with Crippen molar-refractivity contribution in [3.8, 4) is 5.69 Å². The van der Waals surface area contributed by atoms with Gasteiger partial charge >= 0.3 is 0 Å². The molecule has 4 nitrogen and oxygen atoms in total. The summed E-state index contributed by atoms with van der Waals surface area (Å²) >= 11 is 0. The van der Waals surface area contributed by atoms with Crippen LogP contribution in [-0.2, 0) is 6.54 Å². The van der Waals surface area contributed by atoms with E-state index in [2.05, 4.69) is 10.3 Å². The third-order valence-electron chi connectivity index (χ3n) is 1.93. The molecule has 2 aromatic rings. The number of rotatable bonds is 2. The minimum Gasteiger partial charge on any atom is -0.325 e. The van der Waals surface area contributed by atoms with Gasteiger partial charge in [-0.1, -0.05) is 11.3 Å². The molecule has 0 saturated heterocycles. The number of halogens is 3. The van der Waals surface area contributed by atoms with Crippen LogP contribution in [0.1, 0.15) is 5.69 Å². The topological polar surface area (TPSA) is 56.7 Å². The van der Waals surface area contributed by atoms with Crippen LogP contribution in [0.25, 0.3) is 5.69 Å². The van der Waals surface area contributed by atoms with Gasteiger partial charge < -0.3 is 5.73 Å². The summed E-state index contributed by atoms with van der Waals surface area (Å²) in [6.45, 7) is 0.205. The van der Waals surface area contributed by atoms with Gasteiger partial charge in [-0.15, -0.1) is 17.5 Å². The van der Waals surface area contributed by atoms with Crippen molar-refractivity contribution in [3.05, 3.63) is 41.7 Å². The Balaban J connectivity index is 0.00000128. The summed E-state index contributed by atoms with van der Waals surface area (Å²) in [7, 11) is 0. The van der Waals surface area contributed by atoms with Crippen molar-refractivity contribution < 1.29 is 8.78 Å². The van der Waals surface area contributed by atoms with Crippen molar-refractivity contribution in [2.75, 3.05) is 0 Å². The molecule has 0 aliphatic rings. The standard InChI is InChI=1S/C9H8F2N4.ClH/c10-7-2-1-3-8(9(7)11)15-5-6(4-12)13-14-15;/h1-3,5H,4,12H2;1H. The van der Waals surface area contributed by atoms with E-state index in [9.17, 15) is 8.78 Å². The Hall–Kier alpha value is -1.53. The summed E-state index contributed by atoms with van der Waals surface area (Å²) in [4.78, 5) is 0. The fourth-order valence-electron chi connectivity index (χ4n) is 1.18. The number of nitrogens with zero attached hydrogens (tertiary/aromatic N) is 3. The molecule has 0 spiro atoms. The van der Waals surface area contributed by atoms with Gasteiger partial charge in [0.05, 0.1) is 11.9 Å². The van der Waals surface area contributed by atoms with Crippen molar-refractivity contribution in [2.45, 2.75) is 6.54 Å². The highest BCUT2D eigenvalue weighted by molar-refractivity contribution is 5.85. The largest absolute Gasteiger partial charge is 0.325 e. The molecule has 0 unspecified atom stereocenters. The van der Waals surface area contributed by atoms with Crippen molar-refractivity contribution in [3.63, 3.8) is 0 Å². The minimum absolute atomic E-state index is 0. The van der Waals surface area contributed by atoms with E-state index in [1.165, 1.54) is 18.3 Å². The summed E-state index contributed by atoms with van der Waals surface area (Å²) in [5.74, 6) is -1.87. The number of benzene rings is 1. The Morgan fingerprint density at radius 3 is 2.69 bits per heavy atom. The Morgan fingerprint density at radius 1 is 1.31 bits per heavy atom. The second-order valence-electron chi connectivity index (χ2n) is 2.93. The molecule has 1 aromatic heterocycles. The molecule has 16 heavy (non-hydrogen) atoms. The van der Waals surface area contributed by atoms with E-state index in [0.29, 0.717) is 5.69 Å². The van der Waals surface area contributed by atoms with Crippen LogP contribution in [0.15, 0.2) is 24.4 Å². The summed E-state index contributed by atoms with van der Waals surface area (Å²) in [5, 5.41) is 7.32. The van der Waals surface area contributed by atoms with Gasteiger partial charge in [-0.05, 0) is 12.1 Å². The Kier molecular flexibility index (Phi) is 3.92. The Labute approximate surface area is 96.5 Å². The van der Waals surface area contributed by atoms with Gasteiger partial charge in [0.1, 0.15) is 5.69 Å². The highest BCUT2D eigenvalue weighted by atomic mass is 35.5. The third-order valence-corrected chi connectivity index (χ3v) is 1.93. The molecule has 86 valence electrons. The number of hydrogen-bond donors (Lipinski definition) is 1. The van der Waals surface area contributed by atoms with Crippen molar-refractivity contribution in [1.29, 1.82) is 0 Å². The molecule has 2 N–H and O–H groups in total. The van der Waals surface area contributed by atoms with Crippen molar-refractivity contribution >= 4 is 12.4 Å². The highest BCUT2D eigenvalue weighted by Crippen LogP contribution is 2.14. The fourth-order valence-corrected chi connectivity index (χ4v) is 1.18. The zero-order chi connectivity index (χ0) is 10.8. The maximum Gasteiger partial charge on any atom is 0.184 e. The van der Waals surface area contributed by atoms with Gasteiger partial charge in [-0.3, -0.25) is 0 Å². The molecule has 0 aliphatic carbocycles. The van der Waals surface area contributed by atoms with Gasteiger partial charge in [0.15, 0.2) is 11.6 Å². The molecular weight excluding hydrogens is 238 g/mol. The second-order valence-corrected chi connectivity index (χ2v) is 2.93. The molecule has 0 radical (unpaired) electrons. The lowest BCUT2D eigenvalue weighted by Crippen LogP contribution is -2.00. The van der Waals surface area contributed by atoms with Crippen LogP contribution >= 0.6 is 12.4 Å². The zero-order valence-corrected chi connectivity index (χ0v) is 8.92. The van der Waals surface area contributed by atoms with Crippen molar-refractivity contribution in [1.82, 2.24) is 15.0 Å². The molecule has 2 rings (SSSR count). The summed E-state index contributed by atoms with van der Waals surface area (Å²) < 4.78 is 27.4. The zero-order valence-electron chi connectivity index (χ0n) is 8.10. The molecule has 0 saturated carbocycles. The van der Waals surface area contributed by atoms with Gasteiger partial charge in [0.25, 0.3) is 0 Å². The number of nitrogens with two attached hydrogens (primary N) is 1. The lowest BCUT2D eigenvalue weighted by atomic mass is 10.3. The number of aromatic nitrogens is 3. The Bertz CT molecular complexity index is 486. The maximum absolute atomic E-state index is 13.3. The van der Waals surface area contributed by atoms with E-state index in [-0.39, 0.29) is 24.6 Å². The van der Waals surface area contributed by atoms with E-state index in [1.807, 2.05) is 0 Å². The van der Waals surface area contributed by atoms with Crippen LogP contribution < -0.4 is 5.73 Å². The van der Waals surface area contributed by atoms with E-state index >= 15 is 0 Å². The van der Waals surface area contributed by atoms with Gasteiger partial charge in [-0.2, -0.15) is 0 Å². The molecule has 0 atom stereocenters. The third kappa shape index (κ3) is 2.17. The van der Waals surface area contributed by atoms with Crippen LogP contribution in [0, 0.1) is 11.6 Å². The lowest BCUT2D eigenvalue weighted by molar-refractivity contribution is 0.500. The second kappa shape index (κ2) is 5.00. The first-order valence-corrected chi connectivity index (χ1v) is 4.28. The average Bonchev–Trinajstić information content (AvgIpc) is 2.70. The van der Waals surface area contributed by atoms with E-state index in [1.54, 1.807) is 0 Å². The minimum atomic E-state index is -0.953. The predicted molar refractivity (Wildman–Crippen MR) is 56.4 cm³/mol. The van der Waals surface area contributed by atoms with Crippen LogP contribution in [0.3, 0.4) is 0 Å². The molecule has 1 heterocycles. The molecule has 0 amide bonds. The number of hydrogen-bond acceptors (Lipinski definition) is 3. The lowest BCUT2D eigenvalue weighted by Gasteiger charge is -2.01. The van der Waals surface area contributed by atoms with E-state index < -0.39 is 11.6 Å². The van der Waals surface area contributed by atoms with Crippen LogP contribution in [0.2, 0.25) is 0 Å². The Morgan fingerprint density at radius 2 is 2.06 bits per heavy atom. The molecule has 0 fully saturated rings. The van der Waals surface area contributed by atoms with E-state index in [4.69, 9.17) is 5.73 Å². The van der Waals surface area contributed by atoms with Crippen LogP contribution in [0.5, 0.6) is 0 Å². The first kappa shape index (κ1) is 12.5. The normalized spacial score (nSPS) is 9.94. The molecule has 0 bridgehead atoms. The van der Waals surface area contributed by atoms with Gasteiger partial charge in [0.2, 0.25) is 0 Å². The molecule has 7 heteroatoms. The van der Waals surface area contributed by atoms with Gasteiger partial charge in [0, 0.05) is 6.54 Å². The quantitative estimate of drug-likeness (QED) is 0.872. The first-order chi connectivity index (χ1) is 7.22. The smallest absolute Gasteiger partial charge is 0.184 e. The molecular formula is C9H9ClF2N4. The molecule has 1 aromatic carbocycles. The predicted octanol–water partition coefficient (Wildman–Crippen LogP) is 1.43. The fraction of sp³-hybridized carbons (Fsp3) is 0.111. The monoisotopic (exact) mass is 246 g/mol. The van der Waals surface area contributed by atoms with Gasteiger partial charge in [-0.25, -0.2) is 13.5 Å².